The molecule has 0 bridgehead atoms. The Morgan fingerprint density at radius 2 is 2.04 bits per heavy atom. The summed E-state index contributed by atoms with van der Waals surface area (Å²) in [7, 11) is 1.57. The van der Waals surface area contributed by atoms with E-state index in [1.54, 1.807) is 28.7 Å². The Bertz CT molecular complexity index is 473. The Kier molecular flexibility index (Phi) is 6.29. The third kappa shape index (κ3) is 4.17. The quantitative estimate of drug-likeness (QED) is 0.766. The van der Waals surface area contributed by atoms with Crippen LogP contribution in [0.15, 0.2) is 0 Å². The Labute approximate surface area is 140 Å². The Hall–Kier alpha value is -1.28. The van der Waals surface area contributed by atoms with Crippen molar-refractivity contribution in [3.63, 3.8) is 0 Å². The van der Waals surface area contributed by atoms with E-state index in [0.29, 0.717) is 31.0 Å². The van der Waals surface area contributed by atoms with E-state index in [4.69, 9.17) is 9.84 Å². The number of carbonyl (C=O) groups is 3. The average Bonchev–Trinajstić information content (AvgIpc) is 3.12. The van der Waals surface area contributed by atoms with Crippen LogP contribution in [0, 0.1) is 0 Å². The maximum atomic E-state index is 12.9. The second kappa shape index (κ2) is 8.01. The number of carbonyl (C=O) groups excluding carboxylic acids is 2. The van der Waals surface area contributed by atoms with Crippen LogP contribution in [0.4, 0.5) is 0 Å². The number of carboxylic acids is 1. The number of amides is 2. The number of hydrogen-bond donors (Lipinski definition) is 1. The third-order valence-corrected chi connectivity index (χ3v) is 5.37. The number of nitrogens with zero attached hydrogens (tertiary/aromatic N) is 2. The lowest BCUT2D eigenvalue weighted by Gasteiger charge is -2.30. The van der Waals surface area contributed by atoms with Gasteiger partial charge in [0.05, 0.1) is 18.4 Å². The molecule has 2 heterocycles. The van der Waals surface area contributed by atoms with Crippen molar-refractivity contribution in [3.8, 4) is 0 Å². The molecule has 1 N–H and O–H groups in total. The molecule has 0 radical (unpaired) electrons. The molecule has 2 saturated heterocycles. The molecule has 2 aliphatic rings. The van der Waals surface area contributed by atoms with Gasteiger partial charge in [-0.1, -0.05) is 6.92 Å². The summed E-state index contributed by atoms with van der Waals surface area (Å²) >= 11 is 1.56. The topological polar surface area (TPSA) is 87.2 Å². The molecule has 23 heavy (non-hydrogen) atoms. The van der Waals surface area contributed by atoms with Gasteiger partial charge in [-0.2, -0.15) is 0 Å². The highest BCUT2D eigenvalue weighted by molar-refractivity contribution is 7.99. The number of carboxylic acid groups (broad SMARTS) is 1. The summed E-state index contributed by atoms with van der Waals surface area (Å²) in [6.07, 6.45) is 1.48. The molecule has 7 nitrogen and oxygen atoms in total. The first-order valence-electron chi connectivity index (χ1n) is 7.90. The van der Waals surface area contributed by atoms with Crippen LogP contribution < -0.4 is 0 Å². The molecular formula is C15H24N2O5S. The molecule has 0 saturated carbocycles. The zero-order valence-corrected chi connectivity index (χ0v) is 14.4. The van der Waals surface area contributed by atoms with E-state index in [1.807, 2.05) is 6.92 Å². The molecule has 2 aliphatic heterocycles. The number of ether oxygens (including phenoxy) is 1. The van der Waals surface area contributed by atoms with Gasteiger partial charge in [0.15, 0.2) is 0 Å². The fourth-order valence-electron chi connectivity index (χ4n) is 3.15. The minimum atomic E-state index is -0.927. The monoisotopic (exact) mass is 344 g/mol. The van der Waals surface area contributed by atoms with Crippen LogP contribution in [-0.4, -0.2) is 76.2 Å². The predicted molar refractivity (Wildman–Crippen MR) is 86.0 cm³/mol. The summed E-state index contributed by atoms with van der Waals surface area (Å²) in [5.74, 6) is 0.0189. The molecule has 3 unspecified atom stereocenters. The molecule has 0 aliphatic carbocycles. The molecule has 3 atom stereocenters. The first-order chi connectivity index (χ1) is 11.0. The zero-order valence-electron chi connectivity index (χ0n) is 13.6. The van der Waals surface area contributed by atoms with Crippen LogP contribution in [0.5, 0.6) is 0 Å². The molecule has 8 heteroatoms. The van der Waals surface area contributed by atoms with Gasteiger partial charge in [-0.25, -0.2) is 0 Å². The highest BCUT2D eigenvalue weighted by Crippen LogP contribution is 2.29. The molecule has 0 aromatic carbocycles. The van der Waals surface area contributed by atoms with Crippen LogP contribution in [0.1, 0.15) is 32.6 Å². The third-order valence-electron chi connectivity index (χ3n) is 4.35. The highest BCUT2D eigenvalue weighted by atomic mass is 32.2. The van der Waals surface area contributed by atoms with Crippen molar-refractivity contribution in [2.45, 2.75) is 50.8 Å². The van der Waals surface area contributed by atoms with E-state index in [1.165, 1.54) is 0 Å². The van der Waals surface area contributed by atoms with Gasteiger partial charge in [0.25, 0.3) is 0 Å². The fraction of sp³-hybridized carbons (Fsp3) is 0.800. The standard InChI is InChI=1S/C15H24N2O5S/c1-3-4-13(18)17-9-23-8-12(17)15(21)16-7-11(22-2)5-10(16)6-14(19)20/h10-12H,3-9H2,1-2H3,(H,19,20). The van der Waals surface area contributed by atoms with Gasteiger partial charge >= 0.3 is 5.97 Å². The van der Waals surface area contributed by atoms with E-state index in [0.717, 1.165) is 6.42 Å². The molecular weight excluding hydrogens is 320 g/mol. The molecule has 0 aromatic rings. The van der Waals surface area contributed by atoms with Gasteiger partial charge in [0.2, 0.25) is 11.8 Å². The van der Waals surface area contributed by atoms with E-state index in [9.17, 15) is 14.4 Å². The second-order valence-electron chi connectivity index (χ2n) is 5.96. The summed E-state index contributed by atoms with van der Waals surface area (Å²) in [6, 6.07) is -0.843. The lowest BCUT2D eigenvalue weighted by atomic mass is 10.1. The molecule has 0 spiro atoms. The highest BCUT2D eigenvalue weighted by Gasteiger charge is 2.43. The first-order valence-corrected chi connectivity index (χ1v) is 9.05. The Morgan fingerprint density at radius 1 is 1.30 bits per heavy atom. The van der Waals surface area contributed by atoms with E-state index in [-0.39, 0.29) is 30.4 Å². The van der Waals surface area contributed by atoms with E-state index in [2.05, 4.69) is 0 Å². The second-order valence-corrected chi connectivity index (χ2v) is 6.96. The van der Waals surface area contributed by atoms with Gasteiger partial charge in [0.1, 0.15) is 6.04 Å². The van der Waals surface area contributed by atoms with Gasteiger partial charge in [-0.15, -0.1) is 11.8 Å². The maximum absolute atomic E-state index is 12.9. The van der Waals surface area contributed by atoms with Crippen molar-refractivity contribution >= 4 is 29.5 Å². The summed E-state index contributed by atoms with van der Waals surface area (Å²) in [5, 5.41) is 9.06. The molecule has 130 valence electrons. The van der Waals surface area contributed by atoms with Crippen molar-refractivity contribution < 1.29 is 24.2 Å². The van der Waals surface area contributed by atoms with E-state index < -0.39 is 12.0 Å². The summed E-state index contributed by atoms with van der Waals surface area (Å²) < 4.78 is 5.31. The molecule has 2 fully saturated rings. The van der Waals surface area contributed by atoms with Gasteiger partial charge in [-0.3, -0.25) is 14.4 Å². The predicted octanol–water partition coefficient (Wildman–Crippen LogP) is 0.779. The number of rotatable bonds is 6. The van der Waals surface area contributed by atoms with Gasteiger partial charge < -0.3 is 19.6 Å². The minimum Gasteiger partial charge on any atom is -0.481 e. The van der Waals surface area contributed by atoms with Crippen LogP contribution in [0.3, 0.4) is 0 Å². The Morgan fingerprint density at radius 3 is 2.65 bits per heavy atom. The normalized spacial score (nSPS) is 27.5. The van der Waals surface area contributed by atoms with Crippen LogP contribution in [-0.2, 0) is 19.1 Å². The molecule has 2 amide bonds. The lowest BCUT2D eigenvalue weighted by molar-refractivity contribution is -0.146. The number of likely N-dealkylation sites (tertiary alicyclic amines) is 1. The Balaban J connectivity index is 2.10. The van der Waals surface area contributed by atoms with Crippen LogP contribution in [0.2, 0.25) is 0 Å². The summed E-state index contributed by atoms with van der Waals surface area (Å²) in [5.41, 5.74) is 0. The molecule has 2 rings (SSSR count). The minimum absolute atomic E-state index is 0.00637. The van der Waals surface area contributed by atoms with Crippen molar-refractivity contribution in [1.29, 1.82) is 0 Å². The number of thioether (sulfide) groups is 1. The SMILES string of the molecule is CCCC(=O)N1CSCC1C(=O)N1CC(OC)CC1CC(=O)O. The number of methoxy groups -OCH3 is 1. The van der Waals surface area contributed by atoms with Crippen LogP contribution >= 0.6 is 11.8 Å². The fourth-order valence-corrected chi connectivity index (χ4v) is 4.32. The largest absolute Gasteiger partial charge is 0.481 e. The van der Waals surface area contributed by atoms with Crippen molar-refractivity contribution in [2.24, 2.45) is 0 Å². The van der Waals surface area contributed by atoms with Crippen molar-refractivity contribution in [2.75, 3.05) is 25.3 Å². The zero-order chi connectivity index (χ0) is 17.0. The molecule has 0 aromatic heterocycles. The van der Waals surface area contributed by atoms with Crippen molar-refractivity contribution in [1.82, 2.24) is 9.80 Å². The summed E-state index contributed by atoms with van der Waals surface area (Å²) in [4.78, 5) is 39.4. The number of aliphatic carboxylic acids is 1. The lowest BCUT2D eigenvalue weighted by Crippen LogP contribution is -2.50. The first kappa shape index (κ1) is 18.1. The van der Waals surface area contributed by atoms with Gasteiger partial charge in [0, 0.05) is 31.9 Å². The van der Waals surface area contributed by atoms with E-state index >= 15 is 0 Å². The van der Waals surface area contributed by atoms with Crippen LogP contribution in [0.25, 0.3) is 0 Å². The van der Waals surface area contributed by atoms with Gasteiger partial charge in [-0.05, 0) is 12.8 Å². The number of hydrogen-bond acceptors (Lipinski definition) is 5. The average molecular weight is 344 g/mol. The maximum Gasteiger partial charge on any atom is 0.305 e. The summed E-state index contributed by atoms with van der Waals surface area (Å²) in [6.45, 7) is 2.33. The smallest absolute Gasteiger partial charge is 0.305 e. The van der Waals surface area contributed by atoms with Crippen molar-refractivity contribution in [3.05, 3.63) is 0 Å².